The Balaban J connectivity index is 1.94. The summed E-state index contributed by atoms with van der Waals surface area (Å²) in [6.45, 7) is 2.15. The molecule has 1 aromatic rings. The molecule has 1 aliphatic rings. The number of hydrogen-bond donors (Lipinski definition) is 2. The Morgan fingerprint density at radius 1 is 1.38 bits per heavy atom. The molecule has 0 radical (unpaired) electrons. The van der Waals surface area contributed by atoms with Crippen molar-refractivity contribution in [1.29, 1.82) is 0 Å². The molecule has 5 nitrogen and oxygen atoms in total. The summed E-state index contributed by atoms with van der Waals surface area (Å²) in [6, 6.07) is 6.63. The van der Waals surface area contributed by atoms with E-state index in [1.54, 1.807) is 0 Å². The van der Waals surface area contributed by atoms with Gasteiger partial charge in [-0.15, -0.1) is 11.8 Å². The Bertz CT molecular complexity index is 504. The van der Waals surface area contributed by atoms with Gasteiger partial charge in [0.25, 0.3) is 0 Å². The van der Waals surface area contributed by atoms with Crippen molar-refractivity contribution in [2.75, 3.05) is 16.9 Å². The molecule has 0 unspecified atom stereocenters. The number of nitrogens with zero attached hydrogens (tertiary/aromatic N) is 1. The van der Waals surface area contributed by atoms with Crippen molar-refractivity contribution in [3.8, 4) is 0 Å². The zero-order valence-corrected chi connectivity index (χ0v) is 12.9. The van der Waals surface area contributed by atoms with Gasteiger partial charge in [0.15, 0.2) is 0 Å². The number of aliphatic carboxylic acids is 1. The largest absolute Gasteiger partial charge is 0.480 e. The van der Waals surface area contributed by atoms with E-state index in [0.29, 0.717) is 17.3 Å². The van der Waals surface area contributed by atoms with Crippen LogP contribution in [0, 0.1) is 0 Å². The number of hydrogen-bond acceptors (Lipinski definition) is 3. The first kappa shape index (κ1) is 15.7. The molecule has 2 amide bonds. The molecule has 0 bridgehead atoms. The predicted molar refractivity (Wildman–Crippen MR) is 84.7 cm³/mol. The molecule has 0 aliphatic carbocycles. The Hall–Kier alpha value is -1.69. The average molecular weight is 308 g/mol. The molecule has 1 atom stereocenters. The summed E-state index contributed by atoms with van der Waals surface area (Å²) >= 11 is 1.45. The number of carbonyl (C=O) groups is 2. The van der Waals surface area contributed by atoms with E-state index in [1.807, 2.05) is 24.3 Å². The number of carboxylic acids is 1. The number of benzene rings is 1. The zero-order chi connectivity index (χ0) is 15.2. The minimum absolute atomic E-state index is 0.353. The molecular weight excluding hydrogens is 288 g/mol. The third-order valence-corrected chi connectivity index (χ3v) is 4.46. The van der Waals surface area contributed by atoms with E-state index >= 15 is 0 Å². The molecule has 21 heavy (non-hydrogen) atoms. The highest BCUT2D eigenvalue weighted by Gasteiger charge is 2.34. The van der Waals surface area contributed by atoms with E-state index in [-0.39, 0.29) is 6.03 Å². The van der Waals surface area contributed by atoms with Gasteiger partial charge in [-0.2, -0.15) is 0 Å². The number of urea groups is 1. The van der Waals surface area contributed by atoms with Gasteiger partial charge in [0.05, 0.1) is 5.88 Å². The smallest absolute Gasteiger partial charge is 0.327 e. The summed E-state index contributed by atoms with van der Waals surface area (Å²) in [7, 11) is 0. The van der Waals surface area contributed by atoms with Crippen molar-refractivity contribution in [3.05, 3.63) is 29.8 Å². The first-order valence-electron chi connectivity index (χ1n) is 7.09. The highest BCUT2D eigenvalue weighted by atomic mass is 32.2. The summed E-state index contributed by atoms with van der Waals surface area (Å²) < 4.78 is 0. The maximum atomic E-state index is 12.1. The fourth-order valence-corrected chi connectivity index (χ4v) is 3.32. The molecule has 1 fully saturated rings. The van der Waals surface area contributed by atoms with Gasteiger partial charge in [0, 0.05) is 11.4 Å². The summed E-state index contributed by atoms with van der Waals surface area (Å²) in [6.07, 6.45) is 3.34. The molecule has 2 N–H and O–H groups in total. The standard InChI is InChI=1S/C15H20N2O3S/c1-2-3-4-11-5-7-12(8-6-11)16-15(20)17-10-21-9-13(17)14(18)19/h5-8,13H,2-4,9-10H2,1H3,(H,16,20)(H,18,19)/t13-/m0/s1. The maximum Gasteiger partial charge on any atom is 0.327 e. The van der Waals surface area contributed by atoms with Crippen molar-refractivity contribution < 1.29 is 14.7 Å². The van der Waals surface area contributed by atoms with Gasteiger partial charge in [-0.25, -0.2) is 9.59 Å². The molecule has 2 rings (SSSR count). The fraction of sp³-hybridized carbons (Fsp3) is 0.467. The van der Waals surface area contributed by atoms with Crippen molar-refractivity contribution in [1.82, 2.24) is 4.90 Å². The van der Waals surface area contributed by atoms with Gasteiger partial charge in [-0.1, -0.05) is 25.5 Å². The van der Waals surface area contributed by atoms with Crippen LogP contribution in [-0.2, 0) is 11.2 Å². The van der Waals surface area contributed by atoms with Crippen molar-refractivity contribution in [3.63, 3.8) is 0 Å². The molecule has 0 spiro atoms. The van der Waals surface area contributed by atoms with E-state index in [1.165, 1.54) is 22.2 Å². The van der Waals surface area contributed by atoms with Gasteiger partial charge >= 0.3 is 12.0 Å². The summed E-state index contributed by atoms with van der Waals surface area (Å²) in [4.78, 5) is 24.6. The normalized spacial score (nSPS) is 17.8. The Kier molecular flexibility index (Phi) is 5.50. The summed E-state index contributed by atoms with van der Waals surface area (Å²) in [5, 5.41) is 11.8. The van der Waals surface area contributed by atoms with Gasteiger partial charge in [-0.3, -0.25) is 0 Å². The van der Waals surface area contributed by atoms with Crippen LogP contribution in [0.3, 0.4) is 0 Å². The van der Waals surface area contributed by atoms with Crippen molar-refractivity contribution >= 4 is 29.4 Å². The first-order chi connectivity index (χ1) is 10.1. The van der Waals surface area contributed by atoms with Gasteiger partial charge < -0.3 is 15.3 Å². The van der Waals surface area contributed by atoms with Gasteiger partial charge in [0.2, 0.25) is 0 Å². The minimum atomic E-state index is -0.954. The highest BCUT2D eigenvalue weighted by molar-refractivity contribution is 7.99. The van der Waals surface area contributed by atoms with E-state index < -0.39 is 12.0 Å². The quantitative estimate of drug-likeness (QED) is 0.877. The van der Waals surface area contributed by atoms with Crippen LogP contribution in [0.25, 0.3) is 0 Å². The van der Waals surface area contributed by atoms with Crippen LogP contribution >= 0.6 is 11.8 Å². The molecule has 114 valence electrons. The summed E-state index contributed by atoms with van der Waals surface area (Å²) in [5.74, 6) is -0.0964. The van der Waals surface area contributed by atoms with Crippen LogP contribution in [0.2, 0.25) is 0 Å². The fourth-order valence-electron chi connectivity index (χ4n) is 2.18. The first-order valence-corrected chi connectivity index (χ1v) is 8.24. The number of carbonyl (C=O) groups excluding carboxylic acids is 1. The van der Waals surface area contributed by atoms with E-state index in [0.717, 1.165) is 19.3 Å². The molecule has 0 saturated carbocycles. The lowest BCUT2D eigenvalue weighted by Gasteiger charge is -2.20. The van der Waals surface area contributed by atoms with Crippen LogP contribution in [-0.4, -0.2) is 39.7 Å². The number of anilines is 1. The number of amides is 2. The molecule has 0 aromatic heterocycles. The van der Waals surface area contributed by atoms with Crippen LogP contribution in [0.4, 0.5) is 10.5 Å². The zero-order valence-electron chi connectivity index (χ0n) is 12.0. The molecule has 1 aromatic carbocycles. The number of nitrogens with one attached hydrogen (secondary N) is 1. The second-order valence-electron chi connectivity index (χ2n) is 5.05. The van der Waals surface area contributed by atoms with E-state index in [2.05, 4.69) is 12.2 Å². The van der Waals surface area contributed by atoms with Crippen molar-refractivity contribution in [2.45, 2.75) is 32.2 Å². The number of rotatable bonds is 5. The number of aryl methyl sites for hydroxylation is 1. The van der Waals surface area contributed by atoms with Crippen molar-refractivity contribution in [2.24, 2.45) is 0 Å². The molecule has 6 heteroatoms. The lowest BCUT2D eigenvalue weighted by molar-refractivity contribution is -0.140. The Morgan fingerprint density at radius 2 is 2.10 bits per heavy atom. The second kappa shape index (κ2) is 7.36. The molecule has 1 heterocycles. The Morgan fingerprint density at radius 3 is 2.71 bits per heavy atom. The molecule has 1 saturated heterocycles. The molecular formula is C15H20N2O3S. The number of carboxylic acid groups (broad SMARTS) is 1. The third-order valence-electron chi connectivity index (χ3n) is 3.45. The highest BCUT2D eigenvalue weighted by Crippen LogP contribution is 2.22. The minimum Gasteiger partial charge on any atom is -0.480 e. The third kappa shape index (κ3) is 4.14. The predicted octanol–water partition coefficient (Wildman–Crippen LogP) is 3.02. The van der Waals surface area contributed by atoms with Crippen LogP contribution < -0.4 is 5.32 Å². The SMILES string of the molecule is CCCCc1ccc(NC(=O)N2CSC[C@H]2C(=O)O)cc1. The van der Waals surface area contributed by atoms with E-state index in [9.17, 15) is 9.59 Å². The number of thioether (sulfide) groups is 1. The second-order valence-corrected chi connectivity index (χ2v) is 6.05. The number of unbranched alkanes of at least 4 members (excludes halogenated alkanes) is 1. The average Bonchev–Trinajstić information content (AvgIpc) is 2.96. The van der Waals surface area contributed by atoms with Gasteiger partial charge in [-0.05, 0) is 30.5 Å². The molecule has 1 aliphatic heterocycles. The van der Waals surface area contributed by atoms with Crippen LogP contribution in [0.5, 0.6) is 0 Å². The summed E-state index contributed by atoms with van der Waals surface area (Å²) in [5.41, 5.74) is 1.94. The monoisotopic (exact) mass is 308 g/mol. The maximum absolute atomic E-state index is 12.1. The van der Waals surface area contributed by atoms with Crippen LogP contribution in [0.15, 0.2) is 24.3 Å². The lowest BCUT2D eigenvalue weighted by Crippen LogP contribution is -2.43. The topological polar surface area (TPSA) is 69.6 Å². The lowest BCUT2D eigenvalue weighted by atomic mass is 10.1. The van der Waals surface area contributed by atoms with Gasteiger partial charge in [0.1, 0.15) is 6.04 Å². The van der Waals surface area contributed by atoms with Crippen LogP contribution in [0.1, 0.15) is 25.3 Å². The van der Waals surface area contributed by atoms with E-state index in [4.69, 9.17) is 5.11 Å². The Labute approximate surface area is 128 Å².